The molecule has 204 valence electrons. The Kier molecular flexibility index (Phi) is 7.78. The molecule has 39 heavy (non-hydrogen) atoms. The minimum Gasteiger partial charge on any atom is -0.309 e. The van der Waals surface area contributed by atoms with Crippen molar-refractivity contribution in [1.29, 1.82) is 0 Å². The SMILES string of the molecule is O=C(/C=C/CN1CC[C@H](C(F)(F)F)C1)Nc1ccc(-c2cccc(CC(=O)Nc3cc(C4CC4)[nH]n3)c2)cn1. The second-order valence-corrected chi connectivity index (χ2v) is 10.0. The van der Waals surface area contributed by atoms with Crippen molar-refractivity contribution in [3.05, 3.63) is 72.1 Å². The topological polar surface area (TPSA) is 103 Å². The standard InChI is InChI=1S/C28H29F3N6O2/c29-28(30,31)22-10-12-37(17-22)11-2-5-26(38)33-24-9-8-21(16-32-24)20-4-1-3-18(13-20)14-27(39)34-25-15-23(35-36-25)19-6-7-19/h1-5,8-9,13,15-16,19,22H,6-7,10-12,14,17H2,(H,32,33,38)(H2,34,35,36,39)/b5-2+/t22-/m0/s1. The van der Waals surface area contributed by atoms with Crippen LogP contribution in [0.4, 0.5) is 24.8 Å². The van der Waals surface area contributed by atoms with E-state index in [4.69, 9.17) is 0 Å². The molecule has 2 amide bonds. The Morgan fingerprint density at radius 1 is 1.05 bits per heavy atom. The fraction of sp³-hybridized carbons (Fsp3) is 0.357. The molecule has 11 heteroatoms. The molecule has 0 spiro atoms. The van der Waals surface area contributed by atoms with E-state index in [2.05, 4.69) is 25.8 Å². The number of alkyl halides is 3. The smallest absolute Gasteiger partial charge is 0.309 e. The largest absolute Gasteiger partial charge is 0.393 e. The zero-order valence-corrected chi connectivity index (χ0v) is 21.2. The van der Waals surface area contributed by atoms with Crippen LogP contribution in [0.1, 0.15) is 36.4 Å². The van der Waals surface area contributed by atoms with Crippen LogP contribution in [0.25, 0.3) is 11.1 Å². The van der Waals surface area contributed by atoms with Crippen molar-refractivity contribution in [3.8, 4) is 11.1 Å². The number of halogens is 3. The number of nitrogens with one attached hydrogen (secondary N) is 3. The number of carbonyl (C=O) groups is 2. The van der Waals surface area contributed by atoms with Crippen LogP contribution in [-0.2, 0) is 16.0 Å². The van der Waals surface area contributed by atoms with Crippen LogP contribution in [0.5, 0.6) is 0 Å². The van der Waals surface area contributed by atoms with E-state index in [0.29, 0.717) is 24.1 Å². The van der Waals surface area contributed by atoms with Gasteiger partial charge in [0.25, 0.3) is 0 Å². The van der Waals surface area contributed by atoms with Crippen LogP contribution in [0, 0.1) is 5.92 Å². The average molecular weight is 539 g/mol. The maximum absolute atomic E-state index is 12.8. The molecule has 3 heterocycles. The lowest BCUT2D eigenvalue weighted by Crippen LogP contribution is -2.27. The van der Waals surface area contributed by atoms with Crippen LogP contribution in [0.2, 0.25) is 0 Å². The molecule has 2 fully saturated rings. The Morgan fingerprint density at radius 2 is 1.90 bits per heavy atom. The summed E-state index contributed by atoms with van der Waals surface area (Å²) in [5.74, 6) is -0.455. The molecule has 1 atom stereocenters. The number of aromatic nitrogens is 3. The van der Waals surface area contributed by atoms with E-state index in [1.165, 1.54) is 6.08 Å². The van der Waals surface area contributed by atoms with Gasteiger partial charge < -0.3 is 10.6 Å². The molecule has 0 unspecified atom stereocenters. The fourth-order valence-corrected chi connectivity index (χ4v) is 4.62. The summed E-state index contributed by atoms with van der Waals surface area (Å²) in [5, 5.41) is 12.6. The average Bonchev–Trinajstić information content (AvgIpc) is 3.44. The normalized spacial score (nSPS) is 18.0. The Hall–Kier alpha value is -3.99. The molecule has 3 N–H and O–H groups in total. The monoisotopic (exact) mass is 538 g/mol. The summed E-state index contributed by atoms with van der Waals surface area (Å²) in [4.78, 5) is 30.7. The lowest BCUT2D eigenvalue weighted by Gasteiger charge is -2.15. The molecule has 3 aromatic rings. The number of anilines is 2. The molecule has 1 aromatic carbocycles. The number of H-pyrrole nitrogens is 1. The molecule has 2 aromatic heterocycles. The first-order chi connectivity index (χ1) is 18.7. The summed E-state index contributed by atoms with van der Waals surface area (Å²) in [6.45, 7) is 0.593. The fourth-order valence-electron chi connectivity index (χ4n) is 4.62. The number of hydrogen-bond donors (Lipinski definition) is 3. The summed E-state index contributed by atoms with van der Waals surface area (Å²) in [5.41, 5.74) is 3.59. The van der Waals surface area contributed by atoms with Crippen LogP contribution in [0.15, 0.2) is 60.8 Å². The van der Waals surface area contributed by atoms with Gasteiger partial charge in [-0.05, 0) is 49.1 Å². The van der Waals surface area contributed by atoms with Crippen molar-refractivity contribution < 1.29 is 22.8 Å². The Morgan fingerprint density at radius 3 is 2.62 bits per heavy atom. The van der Waals surface area contributed by atoms with Crippen molar-refractivity contribution in [2.45, 2.75) is 37.8 Å². The van der Waals surface area contributed by atoms with E-state index in [9.17, 15) is 22.8 Å². The highest BCUT2D eigenvalue weighted by Gasteiger charge is 2.43. The predicted molar refractivity (Wildman–Crippen MR) is 141 cm³/mol. The summed E-state index contributed by atoms with van der Waals surface area (Å²) >= 11 is 0. The third-order valence-electron chi connectivity index (χ3n) is 6.89. The van der Waals surface area contributed by atoms with Crippen molar-refractivity contribution in [2.24, 2.45) is 5.92 Å². The minimum absolute atomic E-state index is 0.0459. The first kappa shape index (κ1) is 26.6. The van der Waals surface area contributed by atoms with Gasteiger partial charge in [0.2, 0.25) is 11.8 Å². The molecule has 5 rings (SSSR count). The predicted octanol–water partition coefficient (Wildman–Crippen LogP) is 4.91. The van der Waals surface area contributed by atoms with Gasteiger partial charge in [-0.25, -0.2) is 4.98 Å². The van der Waals surface area contributed by atoms with Crippen LogP contribution >= 0.6 is 0 Å². The number of benzene rings is 1. The molecule has 0 bridgehead atoms. The third kappa shape index (κ3) is 7.32. The van der Waals surface area contributed by atoms with Gasteiger partial charge in [0.05, 0.1) is 12.3 Å². The molecule has 8 nitrogen and oxygen atoms in total. The Labute approximate surface area is 223 Å². The van der Waals surface area contributed by atoms with Gasteiger partial charge in [-0.2, -0.15) is 18.3 Å². The van der Waals surface area contributed by atoms with E-state index >= 15 is 0 Å². The number of pyridine rings is 1. The van der Waals surface area contributed by atoms with Crippen LogP contribution < -0.4 is 10.6 Å². The summed E-state index contributed by atoms with van der Waals surface area (Å²) < 4.78 is 38.4. The van der Waals surface area contributed by atoms with Crippen LogP contribution in [-0.4, -0.2) is 57.7 Å². The number of rotatable bonds is 9. The molecular weight excluding hydrogens is 509 g/mol. The van der Waals surface area contributed by atoms with Crippen LogP contribution in [0.3, 0.4) is 0 Å². The Balaban J connectivity index is 1.10. The third-order valence-corrected chi connectivity index (χ3v) is 6.89. The zero-order chi connectivity index (χ0) is 27.4. The van der Waals surface area contributed by atoms with E-state index in [1.807, 2.05) is 36.4 Å². The van der Waals surface area contributed by atoms with Gasteiger partial charge in [0.1, 0.15) is 5.82 Å². The summed E-state index contributed by atoms with van der Waals surface area (Å²) in [7, 11) is 0. The quantitative estimate of drug-likeness (QED) is 0.336. The second kappa shape index (κ2) is 11.4. The van der Waals surface area contributed by atoms with Gasteiger partial charge in [0.15, 0.2) is 5.82 Å². The van der Waals surface area contributed by atoms with Crippen molar-refractivity contribution in [3.63, 3.8) is 0 Å². The highest BCUT2D eigenvalue weighted by atomic mass is 19.4. The van der Waals surface area contributed by atoms with Gasteiger partial charge in [-0.3, -0.25) is 19.6 Å². The number of aromatic amines is 1. The van der Waals surface area contributed by atoms with Gasteiger partial charge >= 0.3 is 6.18 Å². The number of nitrogens with zero attached hydrogens (tertiary/aromatic N) is 3. The van der Waals surface area contributed by atoms with Gasteiger partial charge in [-0.15, -0.1) is 0 Å². The molecule has 1 saturated heterocycles. The number of amides is 2. The maximum Gasteiger partial charge on any atom is 0.393 e. The highest BCUT2D eigenvalue weighted by Crippen LogP contribution is 2.39. The molecule has 1 aliphatic heterocycles. The lowest BCUT2D eigenvalue weighted by molar-refractivity contribution is -0.170. The molecule has 1 aliphatic carbocycles. The van der Waals surface area contributed by atoms with Gasteiger partial charge in [0, 0.05) is 48.6 Å². The van der Waals surface area contributed by atoms with E-state index in [-0.39, 0.29) is 31.8 Å². The summed E-state index contributed by atoms with van der Waals surface area (Å²) in [6.07, 6.45) is 2.90. The first-order valence-electron chi connectivity index (χ1n) is 12.9. The molecular formula is C28H29F3N6O2. The second-order valence-electron chi connectivity index (χ2n) is 10.0. The Bertz CT molecular complexity index is 1350. The van der Waals surface area contributed by atoms with Crippen molar-refractivity contribution in [1.82, 2.24) is 20.1 Å². The molecule has 1 saturated carbocycles. The highest BCUT2D eigenvalue weighted by molar-refractivity contribution is 5.98. The van der Waals surface area contributed by atoms with E-state index in [1.54, 1.807) is 23.2 Å². The maximum atomic E-state index is 12.8. The molecule has 0 radical (unpaired) electrons. The van der Waals surface area contributed by atoms with Gasteiger partial charge in [-0.1, -0.05) is 30.3 Å². The summed E-state index contributed by atoms with van der Waals surface area (Å²) in [6, 6.07) is 12.9. The number of likely N-dealkylation sites (tertiary alicyclic amines) is 1. The number of carbonyl (C=O) groups excluding carboxylic acids is 2. The van der Waals surface area contributed by atoms with Crippen molar-refractivity contribution >= 4 is 23.5 Å². The van der Waals surface area contributed by atoms with E-state index in [0.717, 1.165) is 35.2 Å². The lowest BCUT2D eigenvalue weighted by atomic mass is 10.0. The first-order valence-corrected chi connectivity index (χ1v) is 12.9. The molecule has 2 aliphatic rings. The number of hydrogen-bond acceptors (Lipinski definition) is 5. The van der Waals surface area contributed by atoms with E-state index < -0.39 is 18.0 Å². The zero-order valence-electron chi connectivity index (χ0n) is 21.2. The van der Waals surface area contributed by atoms with Crippen molar-refractivity contribution in [2.75, 3.05) is 30.3 Å². The minimum atomic E-state index is -4.18.